The molecular formula is C25H32N4O4. The number of anilines is 2. The summed E-state index contributed by atoms with van der Waals surface area (Å²) in [5.41, 5.74) is 2.55. The molecule has 0 atom stereocenters. The molecule has 0 aromatic heterocycles. The molecule has 2 aromatic carbocycles. The van der Waals surface area contributed by atoms with Crippen LogP contribution in [0.25, 0.3) is 0 Å². The van der Waals surface area contributed by atoms with Crippen molar-refractivity contribution in [1.29, 1.82) is 0 Å². The molecule has 0 spiro atoms. The Balaban J connectivity index is 1.44. The van der Waals surface area contributed by atoms with Gasteiger partial charge >= 0.3 is 0 Å². The predicted molar refractivity (Wildman–Crippen MR) is 129 cm³/mol. The number of carbonyl (C=O) groups excluding carboxylic acids is 3. The lowest BCUT2D eigenvalue weighted by atomic mass is 10.1. The zero-order valence-electron chi connectivity index (χ0n) is 19.1. The van der Waals surface area contributed by atoms with Crippen LogP contribution in [-0.2, 0) is 9.53 Å². The highest BCUT2D eigenvalue weighted by atomic mass is 16.5. The van der Waals surface area contributed by atoms with Crippen molar-refractivity contribution in [2.24, 2.45) is 0 Å². The number of ether oxygens (including phenoxy) is 1. The molecule has 0 unspecified atom stereocenters. The fourth-order valence-corrected chi connectivity index (χ4v) is 3.65. The largest absolute Gasteiger partial charge is 0.383 e. The summed E-state index contributed by atoms with van der Waals surface area (Å²) >= 11 is 0. The first-order chi connectivity index (χ1) is 16.1. The molecule has 3 N–H and O–H groups in total. The van der Waals surface area contributed by atoms with Gasteiger partial charge in [-0.2, -0.15) is 0 Å². The van der Waals surface area contributed by atoms with E-state index in [1.54, 1.807) is 43.5 Å². The molecule has 0 saturated carbocycles. The van der Waals surface area contributed by atoms with E-state index in [4.69, 9.17) is 4.74 Å². The van der Waals surface area contributed by atoms with Crippen LogP contribution in [0, 0.1) is 0 Å². The van der Waals surface area contributed by atoms with Gasteiger partial charge in [0.15, 0.2) is 0 Å². The van der Waals surface area contributed by atoms with Crippen LogP contribution in [0.2, 0.25) is 0 Å². The minimum absolute atomic E-state index is 0.0667. The molecule has 8 heteroatoms. The maximum absolute atomic E-state index is 12.7. The maximum Gasteiger partial charge on any atom is 0.253 e. The Morgan fingerprint density at radius 1 is 0.848 bits per heavy atom. The molecule has 1 aliphatic heterocycles. The maximum atomic E-state index is 12.7. The van der Waals surface area contributed by atoms with E-state index in [0.29, 0.717) is 30.0 Å². The summed E-state index contributed by atoms with van der Waals surface area (Å²) in [5, 5.41) is 8.61. The highest BCUT2D eigenvalue weighted by molar-refractivity contribution is 5.97. The van der Waals surface area contributed by atoms with Crippen molar-refractivity contribution in [3.8, 4) is 0 Å². The molecule has 1 aliphatic rings. The van der Waals surface area contributed by atoms with Crippen molar-refractivity contribution in [2.75, 3.05) is 50.5 Å². The van der Waals surface area contributed by atoms with Crippen molar-refractivity contribution < 1.29 is 19.1 Å². The van der Waals surface area contributed by atoms with Crippen molar-refractivity contribution in [3.63, 3.8) is 0 Å². The average molecular weight is 453 g/mol. The van der Waals surface area contributed by atoms with Gasteiger partial charge in [-0.15, -0.1) is 0 Å². The fourth-order valence-electron chi connectivity index (χ4n) is 3.65. The average Bonchev–Trinajstić information content (AvgIpc) is 3.13. The molecule has 8 nitrogen and oxygen atoms in total. The van der Waals surface area contributed by atoms with Crippen LogP contribution < -0.4 is 16.0 Å². The lowest BCUT2D eigenvalue weighted by molar-refractivity contribution is -0.114. The van der Waals surface area contributed by atoms with Crippen LogP contribution in [0.4, 0.5) is 11.4 Å². The quantitative estimate of drug-likeness (QED) is 0.508. The summed E-state index contributed by atoms with van der Waals surface area (Å²) in [6.45, 7) is 2.60. The summed E-state index contributed by atoms with van der Waals surface area (Å²) in [6.07, 6.45) is 4.49. The molecular weight excluding hydrogens is 420 g/mol. The zero-order valence-corrected chi connectivity index (χ0v) is 19.1. The highest BCUT2D eigenvalue weighted by Gasteiger charge is 2.17. The Bertz CT molecular complexity index is 920. The Morgan fingerprint density at radius 3 is 2.09 bits per heavy atom. The Hall–Kier alpha value is -3.39. The summed E-state index contributed by atoms with van der Waals surface area (Å²) in [4.78, 5) is 38.9. The number of nitrogens with zero attached hydrogens (tertiary/aromatic N) is 1. The van der Waals surface area contributed by atoms with Gasteiger partial charge in [-0.3, -0.25) is 14.4 Å². The van der Waals surface area contributed by atoms with Crippen molar-refractivity contribution >= 4 is 29.1 Å². The number of nitrogens with one attached hydrogen (secondary N) is 3. The van der Waals surface area contributed by atoms with Gasteiger partial charge < -0.3 is 25.6 Å². The number of carbonyl (C=O) groups is 3. The van der Waals surface area contributed by atoms with E-state index >= 15 is 0 Å². The van der Waals surface area contributed by atoms with Crippen LogP contribution in [0.3, 0.4) is 0 Å². The second-order valence-electron chi connectivity index (χ2n) is 8.01. The first-order valence-corrected chi connectivity index (χ1v) is 11.4. The van der Waals surface area contributed by atoms with Crippen LogP contribution in [0.1, 0.15) is 46.4 Å². The van der Waals surface area contributed by atoms with Crippen molar-refractivity contribution in [2.45, 2.75) is 25.7 Å². The number of hydrogen-bond donors (Lipinski definition) is 3. The molecule has 1 heterocycles. The second kappa shape index (κ2) is 12.6. The van der Waals surface area contributed by atoms with Gasteiger partial charge in [0.25, 0.3) is 11.8 Å². The van der Waals surface area contributed by atoms with Crippen LogP contribution in [-0.4, -0.2) is 62.5 Å². The summed E-state index contributed by atoms with van der Waals surface area (Å²) in [7, 11) is 1.58. The molecule has 1 fully saturated rings. The summed E-state index contributed by atoms with van der Waals surface area (Å²) < 4.78 is 4.91. The van der Waals surface area contributed by atoms with Gasteiger partial charge in [0.05, 0.1) is 13.2 Å². The molecule has 1 saturated heterocycles. The van der Waals surface area contributed by atoms with E-state index in [1.807, 2.05) is 17.0 Å². The molecule has 0 aliphatic carbocycles. The number of benzene rings is 2. The topological polar surface area (TPSA) is 99.8 Å². The van der Waals surface area contributed by atoms with E-state index < -0.39 is 0 Å². The third-order valence-corrected chi connectivity index (χ3v) is 5.50. The second-order valence-corrected chi connectivity index (χ2v) is 8.01. The molecule has 3 rings (SSSR count). The van der Waals surface area contributed by atoms with Gasteiger partial charge in [0, 0.05) is 49.2 Å². The lowest BCUT2D eigenvalue weighted by Crippen LogP contribution is -2.31. The van der Waals surface area contributed by atoms with E-state index in [9.17, 15) is 14.4 Å². The van der Waals surface area contributed by atoms with E-state index in [0.717, 1.165) is 31.6 Å². The minimum Gasteiger partial charge on any atom is -0.383 e. The third-order valence-electron chi connectivity index (χ3n) is 5.50. The zero-order chi connectivity index (χ0) is 23.5. The minimum atomic E-state index is -0.211. The van der Waals surface area contributed by atoms with Gasteiger partial charge in [0.1, 0.15) is 0 Å². The van der Waals surface area contributed by atoms with E-state index in [-0.39, 0.29) is 24.3 Å². The SMILES string of the molecule is COCCNC(=O)c1ccc(NC(=O)CNc2ccc(C(=O)N3CCCCCC3)cc2)cc1. The molecule has 0 radical (unpaired) electrons. The normalized spacial score (nSPS) is 13.7. The molecule has 2 aromatic rings. The number of amides is 3. The van der Waals surface area contributed by atoms with Gasteiger partial charge in [-0.25, -0.2) is 0 Å². The molecule has 176 valence electrons. The highest BCUT2D eigenvalue weighted by Crippen LogP contribution is 2.16. The van der Waals surface area contributed by atoms with Gasteiger partial charge in [-0.05, 0) is 61.4 Å². The smallest absolute Gasteiger partial charge is 0.253 e. The molecule has 33 heavy (non-hydrogen) atoms. The molecule has 3 amide bonds. The lowest BCUT2D eigenvalue weighted by Gasteiger charge is -2.20. The number of methoxy groups -OCH3 is 1. The Morgan fingerprint density at radius 2 is 1.45 bits per heavy atom. The van der Waals surface area contributed by atoms with Crippen molar-refractivity contribution in [3.05, 3.63) is 59.7 Å². The number of hydrogen-bond acceptors (Lipinski definition) is 5. The fraction of sp³-hybridized carbons (Fsp3) is 0.400. The summed E-state index contributed by atoms with van der Waals surface area (Å²) in [5.74, 6) is -0.335. The first-order valence-electron chi connectivity index (χ1n) is 11.4. The van der Waals surface area contributed by atoms with Crippen LogP contribution >= 0.6 is 0 Å². The number of rotatable bonds is 9. The van der Waals surface area contributed by atoms with Crippen LogP contribution in [0.15, 0.2) is 48.5 Å². The third kappa shape index (κ3) is 7.61. The monoisotopic (exact) mass is 452 g/mol. The Kier molecular flexibility index (Phi) is 9.26. The van der Waals surface area contributed by atoms with E-state index in [1.165, 1.54) is 12.8 Å². The summed E-state index contributed by atoms with van der Waals surface area (Å²) in [6, 6.07) is 13.9. The van der Waals surface area contributed by atoms with Crippen molar-refractivity contribution in [1.82, 2.24) is 10.2 Å². The predicted octanol–water partition coefficient (Wildman–Crippen LogP) is 3.13. The molecule has 0 bridgehead atoms. The first kappa shape index (κ1) is 24.3. The van der Waals surface area contributed by atoms with Gasteiger partial charge in [-0.1, -0.05) is 12.8 Å². The van der Waals surface area contributed by atoms with E-state index in [2.05, 4.69) is 16.0 Å². The van der Waals surface area contributed by atoms with Gasteiger partial charge in [0.2, 0.25) is 5.91 Å². The number of likely N-dealkylation sites (tertiary alicyclic amines) is 1. The van der Waals surface area contributed by atoms with Crippen LogP contribution in [0.5, 0.6) is 0 Å². The Labute approximate surface area is 194 Å². The standard InChI is InChI=1S/C25H32N4O4/c1-33-17-14-26-24(31)19-6-12-22(13-7-19)28-23(30)18-27-21-10-8-20(9-11-21)25(32)29-15-4-2-3-5-16-29/h6-13,27H,2-5,14-18H2,1H3,(H,26,31)(H,28,30).